The van der Waals surface area contributed by atoms with Crippen LogP contribution in [0.25, 0.3) is 22.2 Å². The number of carbonyl (C=O) groups is 1. The quantitative estimate of drug-likeness (QED) is 0.777. The Balaban J connectivity index is 2.15. The van der Waals surface area contributed by atoms with Gasteiger partial charge in [0.2, 0.25) is 0 Å². The summed E-state index contributed by atoms with van der Waals surface area (Å²) < 4.78 is 14.6. The molecule has 5 nitrogen and oxygen atoms in total. The van der Waals surface area contributed by atoms with Gasteiger partial charge in [-0.2, -0.15) is 0 Å². The zero-order chi connectivity index (χ0) is 16.4. The van der Waals surface area contributed by atoms with E-state index in [9.17, 15) is 9.18 Å². The van der Waals surface area contributed by atoms with E-state index in [1.54, 1.807) is 30.5 Å². The Bertz CT molecular complexity index is 895. The minimum atomic E-state index is -0.591. The Labute approximate surface area is 132 Å². The molecule has 0 spiro atoms. The lowest BCUT2D eigenvalue weighted by Gasteiger charge is -2.08. The first-order chi connectivity index (χ1) is 11.1. The summed E-state index contributed by atoms with van der Waals surface area (Å²) >= 11 is 0. The number of fused-ring (bicyclic) bond motifs is 1. The average molecular weight is 310 g/mol. The van der Waals surface area contributed by atoms with Crippen LogP contribution in [0, 0.1) is 5.82 Å². The second kappa shape index (κ2) is 6.10. The predicted molar refractivity (Wildman–Crippen MR) is 86.2 cm³/mol. The van der Waals surface area contributed by atoms with Crippen LogP contribution in [0.4, 0.5) is 4.39 Å². The molecule has 0 aliphatic carbocycles. The van der Waals surface area contributed by atoms with Gasteiger partial charge in [-0.1, -0.05) is 6.07 Å². The number of nitrogens with zero attached hydrogens (tertiary/aromatic N) is 2. The van der Waals surface area contributed by atoms with Crippen molar-refractivity contribution in [1.29, 1.82) is 0 Å². The minimum absolute atomic E-state index is 0.00993. The van der Waals surface area contributed by atoms with Gasteiger partial charge < -0.3 is 11.1 Å². The van der Waals surface area contributed by atoms with Crippen molar-refractivity contribution in [3.05, 3.63) is 59.7 Å². The number of aromatic nitrogens is 2. The van der Waals surface area contributed by atoms with Gasteiger partial charge >= 0.3 is 0 Å². The van der Waals surface area contributed by atoms with Crippen LogP contribution in [0.3, 0.4) is 0 Å². The van der Waals surface area contributed by atoms with E-state index < -0.39 is 11.7 Å². The van der Waals surface area contributed by atoms with Crippen LogP contribution in [0.5, 0.6) is 0 Å². The number of halogens is 1. The number of hydrogen-bond acceptors (Lipinski definition) is 4. The fraction of sp³-hybridized carbons (Fsp3) is 0.118. The summed E-state index contributed by atoms with van der Waals surface area (Å²) in [7, 11) is 1.46. The molecule has 0 aliphatic heterocycles. The number of rotatable bonds is 3. The zero-order valence-electron chi connectivity index (χ0n) is 12.5. The van der Waals surface area contributed by atoms with Crippen LogP contribution < -0.4 is 11.1 Å². The molecule has 2 heterocycles. The summed E-state index contributed by atoms with van der Waals surface area (Å²) in [6, 6.07) is 9.97. The van der Waals surface area contributed by atoms with Crippen molar-refractivity contribution in [2.75, 3.05) is 7.05 Å². The largest absolute Gasteiger partial charge is 0.355 e. The summed E-state index contributed by atoms with van der Waals surface area (Å²) in [5.74, 6) is -1.06. The van der Waals surface area contributed by atoms with Gasteiger partial charge in [0.1, 0.15) is 5.82 Å². The van der Waals surface area contributed by atoms with Crippen molar-refractivity contribution in [2.45, 2.75) is 6.54 Å². The van der Waals surface area contributed by atoms with E-state index in [0.29, 0.717) is 23.4 Å². The lowest BCUT2D eigenvalue weighted by atomic mass is 10.0. The highest BCUT2D eigenvalue weighted by molar-refractivity contribution is 5.95. The molecule has 3 rings (SSSR count). The molecule has 0 fully saturated rings. The van der Waals surface area contributed by atoms with Crippen LogP contribution in [-0.2, 0) is 6.54 Å². The van der Waals surface area contributed by atoms with E-state index >= 15 is 0 Å². The van der Waals surface area contributed by atoms with Crippen LogP contribution in [-0.4, -0.2) is 22.9 Å². The molecule has 23 heavy (non-hydrogen) atoms. The van der Waals surface area contributed by atoms with E-state index in [4.69, 9.17) is 5.73 Å². The number of benzene rings is 1. The van der Waals surface area contributed by atoms with Gasteiger partial charge in [0.25, 0.3) is 5.91 Å². The topological polar surface area (TPSA) is 80.9 Å². The molecule has 3 aromatic rings. The van der Waals surface area contributed by atoms with Gasteiger partial charge in [-0.05, 0) is 30.3 Å². The SMILES string of the molecule is CNC(=O)c1cccc(-c2ccc3cnc(CN)cc3n2)c1F. The average Bonchev–Trinajstić information content (AvgIpc) is 2.60. The summed E-state index contributed by atoms with van der Waals surface area (Å²) in [4.78, 5) is 20.4. The Morgan fingerprint density at radius 2 is 2.13 bits per heavy atom. The normalized spacial score (nSPS) is 10.7. The number of nitrogens with two attached hydrogens (primary N) is 1. The molecule has 116 valence electrons. The van der Waals surface area contributed by atoms with E-state index in [1.807, 2.05) is 6.07 Å². The summed E-state index contributed by atoms with van der Waals surface area (Å²) in [5.41, 5.74) is 7.70. The van der Waals surface area contributed by atoms with Crippen LogP contribution in [0.2, 0.25) is 0 Å². The molecular weight excluding hydrogens is 295 g/mol. The lowest BCUT2D eigenvalue weighted by molar-refractivity contribution is 0.0959. The first kappa shape index (κ1) is 15.1. The van der Waals surface area contributed by atoms with Crippen molar-refractivity contribution >= 4 is 16.8 Å². The van der Waals surface area contributed by atoms with Gasteiger partial charge in [0.05, 0.1) is 22.5 Å². The molecule has 2 aromatic heterocycles. The summed E-state index contributed by atoms with van der Waals surface area (Å²) in [6.45, 7) is 0.308. The molecular formula is C17H15FN4O. The fourth-order valence-electron chi connectivity index (χ4n) is 2.36. The maximum absolute atomic E-state index is 14.6. The van der Waals surface area contributed by atoms with E-state index in [1.165, 1.54) is 13.1 Å². The van der Waals surface area contributed by atoms with Gasteiger partial charge in [0.15, 0.2) is 0 Å². The predicted octanol–water partition coefficient (Wildman–Crippen LogP) is 2.25. The molecule has 0 aliphatic rings. The first-order valence-corrected chi connectivity index (χ1v) is 7.10. The Kier molecular flexibility index (Phi) is 3.99. The molecule has 0 unspecified atom stereocenters. The van der Waals surface area contributed by atoms with Crippen LogP contribution in [0.15, 0.2) is 42.6 Å². The van der Waals surface area contributed by atoms with Gasteiger partial charge in [-0.15, -0.1) is 0 Å². The summed E-state index contributed by atoms with van der Waals surface area (Å²) in [6.07, 6.45) is 1.69. The first-order valence-electron chi connectivity index (χ1n) is 7.10. The summed E-state index contributed by atoms with van der Waals surface area (Å²) in [5, 5.41) is 3.27. The molecule has 0 saturated heterocycles. The number of hydrogen-bond donors (Lipinski definition) is 2. The van der Waals surface area contributed by atoms with Crippen LogP contribution in [0.1, 0.15) is 16.1 Å². The molecule has 6 heteroatoms. The highest BCUT2D eigenvalue weighted by Crippen LogP contribution is 2.25. The third kappa shape index (κ3) is 2.76. The standard InChI is InChI=1S/C17H15FN4O/c1-20-17(23)13-4-2-3-12(16(13)18)14-6-5-10-9-21-11(8-19)7-15(10)22-14/h2-7,9H,8,19H2,1H3,(H,20,23). The highest BCUT2D eigenvalue weighted by atomic mass is 19.1. The second-order valence-corrected chi connectivity index (χ2v) is 5.02. The number of carbonyl (C=O) groups excluding carboxylic acids is 1. The van der Waals surface area contributed by atoms with Crippen LogP contribution >= 0.6 is 0 Å². The Morgan fingerprint density at radius 1 is 1.30 bits per heavy atom. The zero-order valence-corrected chi connectivity index (χ0v) is 12.5. The van der Waals surface area contributed by atoms with Crippen molar-refractivity contribution < 1.29 is 9.18 Å². The minimum Gasteiger partial charge on any atom is -0.355 e. The number of pyridine rings is 2. The van der Waals surface area contributed by atoms with Gasteiger partial charge in [-0.3, -0.25) is 9.78 Å². The Morgan fingerprint density at radius 3 is 2.87 bits per heavy atom. The van der Waals surface area contributed by atoms with Crippen molar-refractivity contribution in [3.8, 4) is 11.3 Å². The monoisotopic (exact) mass is 310 g/mol. The molecule has 1 amide bonds. The van der Waals surface area contributed by atoms with Crippen molar-refractivity contribution in [1.82, 2.24) is 15.3 Å². The van der Waals surface area contributed by atoms with E-state index in [0.717, 1.165) is 5.39 Å². The van der Waals surface area contributed by atoms with Gasteiger partial charge in [0, 0.05) is 30.7 Å². The number of amides is 1. The molecule has 0 radical (unpaired) electrons. The third-order valence-corrected chi connectivity index (χ3v) is 3.59. The van der Waals surface area contributed by atoms with E-state index in [-0.39, 0.29) is 11.1 Å². The number of nitrogens with one attached hydrogen (secondary N) is 1. The third-order valence-electron chi connectivity index (χ3n) is 3.59. The fourth-order valence-corrected chi connectivity index (χ4v) is 2.36. The Hall–Kier alpha value is -2.86. The van der Waals surface area contributed by atoms with Crippen molar-refractivity contribution in [3.63, 3.8) is 0 Å². The second-order valence-electron chi connectivity index (χ2n) is 5.02. The molecule has 0 bridgehead atoms. The highest BCUT2D eigenvalue weighted by Gasteiger charge is 2.15. The van der Waals surface area contributed by atoms with Gasteiger partial charge in [-0.25, -0.2) is 9.37 Å². The molecule has 1 aromatic carbocycles. The smallest absolute Gasteiger partial charge is 0.254 e. The lowest BCUT2D eigenvalue weighted by Crippen LogP contribution is -2.19. The molecule has 0 atom stereocenters. The maximum atomic E-state index is 14.6. The molecule has 0 saturated carbocycles. The van der Waals surface area contributed by atoms with Crippen molar-refractivity contribution in [2.24, 2.45) is 5.73 Å². The van der Waals surface area contributed by atoms with E-state index in [2.05, 4.69) is 15.3 Å². The molecule has 3 N–H and O–H groups in total. The maximum Gasteiger partial charge on any atom is 0.254 e.